The van der Waals surface area contributed by atoms with Gasteiger partial charge >= 0.3 is 0 Å². The van der Waals surface area contributed by atoms with E-state index in [9.17, 15) is 13.2 Å². The van der Waals surface area contributed by atoms with Gasteiger partial charge in [-0.15, -0.1) is 0 Å². The van der Waals surface area contributed by atoms with E-state index in [1.165, 1.54) is 24.3 Å². The molecule has 8 heteroatoms. The predicted octanol–water partition coefficient (Wildman–Crippen LogP) is 1.68. The minimum Gasteiger partial charge on any atom is -0.484 e. The third-order valence-corrected chi connectivity index (χ3v) is 4.56. The second-order valence-electron chi connectivity index (χ2n) is 4.68. The third kappa shape index (κ3) is 5.24. The molecule has 0 bridgehead atoms. The number of hydrogen-bond acceptors (Lipinski definition) is 4. The van der Waals surface area contributed by atoms with Crippen molar-refractivity contribution in [3.05, 3.63) is 59.1 Å². The van der Waals surface area contributed by atoms with Gasteiger partial charge in [0.05, 0.1) is 4.90 Å². The van der Waals surface area contributed by atoms with Crippen molar-refractivity contribution in [3.8, 4) is 5.75 Å². The Balaban J connectivity index is 2.01. The fraction of sp³-hybridized carbons (Fsp3) is 0.133. The standard InChI is InChI=1S/C15H15ClN2O4S/c16-12-3-1-11(2-4-12)9-18-23(20,21)14-7-5-13(6-8-14)22-10-15(17)19/h1-8,18H,9-10H2,(H2,17,19). The van der Waals surface area contributed by atoms with Crippen LogP contribution in [0.1, 0.15) is 5.56 Å². The van der Waals surface area contributed by atoms with Crippen LogP contribution in [0.25, 0.3) is 0 Å². The lowest BCUT2D eigenvalue weighted by Crippen LogP contribution is -2.23. The van der Waals surface area contributed by atoms with Gasteiger partial charge < -0.3 is 10.5 Å². The summed E-state index contributed by atoms with van der Waals surface area (Å²) in [4.78, 5) is 10.7. The van der Waals surface area contributed by atoms with Crippen molar-refractivity contribution in [2.24, 2.45) is 5.73 Å². The molecular formula is C15H15ClN2O4S. The minimum absolute atomic E-state index is 0.0953. The molecule has 6 nitrogen and oxygen atoms in total. The predicted molar refractivity (Wildman–Crippen MR) is 86.6 cm³/mol. The number of benzene rings is 2. The summed E-state index contributed by atoms with van der Waals surface area (Å²) in [5.74, 6) is -0.244. The average molecular weight is 355 g/mol. The second-order valence-corrected chi connectivity index (χ2v) is 6.88. The highest BCUT2D eigenvalue weighted by atomic mass is 35.5. The fourth-order valence-corrected chi connectivity index (χ4v) is 2.88. The molecular weight excluding hydrogens is 340 g/mol. The zero-order valence-electron chi connectivity index (χ0n) is 12.0. The van der Waals surface area contributed by atoms with Crippen molar-refractivity contribution >= 4 is 27.5 Å². The Morgan fingerprint density at radius 1 is 1.09 bits per heavy atom. The van der Waals surface area contributed by atoms with Crippen LogP contribution in [0.3, 0.4) is 0 Å². The fourth-order valence-electron chi connectivity index (χ4n) is 1.73. The number of carbonyl (C=O) groups excluding carboxylic acids is 1. The van der Waals surface area contributed by atoms with E-state index in [0.717, 1.165) is 5.56 Å². The summed E-state index contributed by atoms with van der Waals surface area (Å²) in [6, 6.07) is 12.6. The van der Waals surface area contributed by atoms with E-state index >= 15 is 0 Å². The van der Waals surface area contributed by atoms with E-state index in [4.69, 9.17) is 22.1 Å². The Bertz CT molecular complexity index is 774. The molecule has 0 unspecified atom stereocenters. The Morgan fingerprint density at radius 2 is 1.70 bits per heavy atom. The summed E-state index contributed by atoms with van der Waals surface area (Å²) < 4.78 is 32.0. The van der Waals surface area contributed by atoms with E-state index < -0.39 is 15.9 Å². The van der Waals surface area contributed by atoms with Gasteiger partial charge in [0.1, 0.15) is 5.75 Å². The summed E-state index contributed by atoms with van der Waals surface area (Å²) in [5.41, 5.74) is 5.76. The van der Waals surface area contributed by atoms with Crippen LogP contribution in [0.4, 0.5) is 0 Å². The van der Waals surface area contributed by atoms with Crippen LogP contribution in [0.5, 0.6) is 5.75 Å². The van der Waals surface area contributed by atoms with Crippen LogP contribution in [-0.2, 0) is 21.4 Å². The number of halogens is 1. The first-order valence-electron chi connectivity index (χ1n) is 6.62. The maximum atomic E-state index is 12.2. The SMILES string of the molecule is NC(=O)COc1ccc(S(=O)(=O)NCc2ccc(Cl)cc2)cc1. The number of hydrogen-bond donors (Lipinski definition) is 2. The highest BCUT2D eigenvalue weighted by molar-refractivity contribution is 7.89. The van der Waals surface area contributed by atoms with Crippen molar-refractivity contribution in [2.75, 3.05) is 6.61 Å². The molecule has 0 saturated carbocycles. The number of nitrogens with one attached hydrogen (secondary N) is 1. The molecule has 3 N–H and O–H groups in total. The summed E-state index contributed by atoms with van der Waals surface area (Å²) in [7, 11) is -3.65. The molecule has 0 saturated heterocycles. The van der Waals surface area contributed by atoms with E-state index in [-0.39, 0.29) is 18.0 Å². The number of sulfonamides is 1. The molecule has 2 aromatic carbocycles. The topological polar surface area (TPSA) is 98.5 Å². The average Bonchev–Trinajstić information content (AvgIpc) is 2.53. The van der Waals surface area contributed by atoms with Gasteiger partial charge in [-0.05, 0) is 42.0 Å². The van der Waals surface area contributed by atoms with Crippen molar-refractivity contribution in [1.82, 2.24) is 4.72 Å². The first-order valence-corrected chi connectivity index (χ1v) is 8.48. The lowest BCUT2D eigenvalue weighted by atomic mass is 10.2. The van der Waals surface area contributed by atoms with Gasteiger partial charge in [0.15, 0.2) is 6.61 Å². The van der Waals surface area contributed by atoms with Gasteiger partial charge in [-0.25, -0.2) is 13.1 Å². The van der Waals surface area contributed by atoms with Crippen molar-refractivity contribution in [3.63, 3.8) is 0 Å². The Hall–Kier alpha value is -2.09. The Kier molecular flexibility index (Phi) is 5.59. The first-order chi connectivity index (χ1) is 10.9. The maximum Gasteiger partial charge on any atom is 0.255 e. The molecule has 0 heterocycles. The molecule has 122 valence electrons. The normalized spacial score (nSPS) is 11.2. The molecule has 0 aliphatic rings. The van der Waals surface area contributed by atoms with E-state index in [2.05, 4.69) is 4.72 Å². The number of nitrogens with two attached hydrogens (primary N) is 1. The molecule has 0 radical (unpaired) electrons. The summed E-state index contributed by atoms with van der Waals surface area (Å²) in [6.07, 6.45) is 0. The third-order valence-electron chi connectivity index (χ3n) is 2.89. The van der Waals surface area contributed by atoms with Gasteiger partial charge in [-0.3, -0.25) is 4.79 Å². The highest BCUT2D eigenvalue weighted by Gasteiger charge is 2.13. The Labute approximate surface area is 139 Å². The molecule has 0 atom stereocenters. The van der Waals surface area contributed by atoms with Crippen LogP contribution >= 0.6 is 11.6 Å². The minimum atomic E-state index is -3.65. The van der Waals surface area contributed by atoms with Gasteiger partial charge in [0.2, 0.25) is 10.0 Å². The smallest absolute Gasteiger partial charge is 0.255 e. The van der Waals surface area contributed by atoms with Crippen molar-refractivity contribution < 1.29 is 17.9 Å². The van der Waals surface area contributed by atoms with Gasteiger partial charge in [0, 0.05) is 11.6 Å². The molecule has 0 aliphatic heterocycles. The van der Waals surface area contributed by atoms with Gasteiger partial charge in [0.25, 0.3) is 5.91 Å². The van der Waals surface area contributed by atoms with Crippen LogP contribution in [-0.4, -0.2) is 20.9 Å². The van der Waals surface area contributed by atoms with E-state index in [0.29, 0.717) is 10.8 Å². The van der Waals surface area contributed by atoms with Crippen LogP contribution in [0.2, 0.25) is 5.02 Å². The zero-order chi connectivity index (χ0) is 16.9. The molecule has 0 fully saturated rings. The zero-order valence-corrected chi connectivity index (χ0v) is 13.6. The van der Waals surface area contributed by atoms with Gasteiger partial charge in [-0.1, -0.05) is 23.7 Å². The molecule has 1 amide bonds. The van der Waals surface area contributed by atoms with Gasteiger partial charge in [-0.2, -0.15) is 0 Å². The van der Waals surface area contributed by atoms with E-state index in [1.807, 2.05) is 0 Å². The highest BCUT2D eigenvalue weighted by Crippen LogP contribution is 2.16. The molecule has 0 aliphatic carbocycles. The number of primary amides is 1. The van der Waals surface area contributed by atoms with Crippen LogP contribution < -0.4 is 15.2 Å². The second kappa shape index (κ2) is 7.45. The van der Waals surface area contributed by atoms with Crippen molar-refractivity contribution in [2.45, 2.75) is 11.4 Å². The summed E-state index contributed by atoms with van der Waals surface area (Å²) in [6.45, 7) is -0.111. The lowest BCUT2D eigenvalue weighted by molar-refractivity contribution is -0.119. The maximum absolute atomic E-state index is 12.2. The van der Waals surface area contributed by atoms with Crippen molar-refractivity contribution in [1.29, 1.82) is 0 Å². The molecule has 2 aromatic rings. The summed E-state index contributed by atoms with van der Waals surface area (Å²) in [5, 5.41) is 0.586. The largest absolute Gasteiger partial charge is 0.484 e. The lowest BCUT2D eigenvalue weighted by Gasteiger charge is -2.08. The molecule has 2 rings (SSSR count). The molecule has 0 spiro atoms. The van der Waals surface area contributed by atoms with Crippen LogP contribution in [0.15, 0.2) is 53.4 Å². The number of ether oxygens (including phenoxy) is 1. The summed E-state index contributed by atoms with van der Waals surface area (Å²) >= 11 is 5.78. The van der Waals surface area contributed by atoms with E-state index in [1.54, 1.807) is 24.3 Å². The number of rotatable bonds is 7. The quantitative estimate of drug-likeness (QED) is 0.790. The Morgan fingerprint density at radius 3 is 2.26 bits per heavy atom. The molecule has 23 heavy (non-hydrogen) atoms. The monoisotopic (exact) mass is 354 g/mol. The van der Waals surface area contributed by atoms with Crippen LogP contribution in [0, 0.1) is 0 Å². The first kappa shape index (κ1) is 17.3. The number of amides is 1. The molecule has 0 aromatic heterocycles. The number of carbonyl (C=O) groups is 1.